The Balaban J connectivity index is 2.02. The molecule has 6 nitrogen and oxygen atoms in total. The summed E-state index contributed by atoms with van der Waals surface area (Å²) in [6.45, 7) is 2.01. The number of nitrogens with one attached hydrogen (secondary N) is 2. The zero-order valence-electron chi connectivity index (χ0n) is 11.1. The van der Waals surface area contributed by atoms with E-state index in [0.29, 0.717) is 29.9 Å². The zero-order valence-corrected chi connectivity index (χ0v) is 11.1. The highest BCUT2D eigenvalue weighted by molar-refractivity contribution is 6.11. The normalized spacial score (nSPS) is 20.9. The number of carbonyl (C=O) groups excluding carboxylic acids is 3. The second-order valence-electron chi connectivity index (χ2n) is 5.09. The lowest BCUT2D eigenvalue weighted by Crippen LogP contribution is -2.40. The molecular weight excluding hydrogens is 258 g/mol. The fourth-order valence-corrected chi connectivity index (χ4v) is 2.76. The number of hydrogen-bond acceptors (Lipinski definition) is 3. The van der Waals surface area contributed by atoms with Crippen molar-refractivity contribution in [2.45, 2.75) is 25.8 Å². The van der Waals surface area contributed by atoms with Crippen LogP contribution >= 0.6 is 0 Å². The van der Waals surface area contributed by atoms with Crippen LogP contribution in [0.2, 0.25) is 0 Å². The summed E-state index contributed by atoms with van der Waals surface area (Å²) in [5.41, 5.74) is 1.48. The quantitative estimate of drug-likeness (QED) is 0.807. The third-order valence-electron chi connectivity index (χ3n) is 3.64. The smallest absolute Gasteiger partial charge is 0.256 e. The van der Waals surface area contributed by atoms with Crippen LogP contribution in [0.1, 0.15) is 30.1 Å². The summed E-state index contributed by atoms with van der Waals surface area (Å²) in [6, 6.07) is 4.56. The zero-order chi connectivity index (χ0) is 14.3. The number of benzene rings is 1. The number of carbonyl (C=O) groups is 3. The van der Waals surface area contributed by atoms with Crippen molar-refractivity contribution in [3.63, 3.8) is 0 Å². The fourth-order valence-electron chi connectivity index (χ4n) is 2.76. The van der Waals surface area contributed by atoms with Crippen molar-refractivity contribution in [2.75, 3.05) is 17.2 Å². The van der Waals surface area contributed by atoms with E-state index in [1.54, 1.807) is 23.1 Å². The molecule has 20 heavy (non-hydrogen) atoms. The monoisotopic (exact) mass is 273 g/mol. The van der Waals surface area contributed by atoms with Gasteiger partial charge in [0.2, 0.25) is 11.8 Å². The average Bonchev–Trinajstić information content (AvgIpc) is 2.85. The SMILES string of the molecule is CC(=O)Nc1ccc2c(c1)C(=O)N1CCC[C@H]1C(=O)N2. The predicted molar refractivity (Wildman–Crippen MR) is 73.4 cm³/mol. The van der Waals surface area contributed by atoms with Crippen LogP contribution in [0, 0.1) is 0 Å². The van der Waals surface area contributed by atoms with Crippen molar-refractivity contribution in [3.8, 4) is 0 Å². The summed E-state index contributed by atoms with van der Waals surface area (Å²) >= 11 is 0. The van der Waals surface area contributed by atoms with Crippen LogP contribution in [-0.2, 0) is 9.59 Å². The van der Waals surface area contributed by atoms with Gasteiger partial charge in [-0.05, 0) is 31.0 Å². The Morgan fingerprint density at radius 3 is 2.95 bits per heavy atom. The van der Waals surface area contributed by atoms with Gasteiger partial charge in [-0.15, -0.1) is 0 Å². The largest absolute Gasteiger partial charge is 0.327 e. The Bertz CT molecular complexity index is 612. The predicted octanol–water partition coefficient (Wildman–Crippen LogP) is 1.20. The highest BCUT2D eigenvalue weighted by atomic mass is 16.2. The molecule has 0 aromatic heterocycles. The summed E-state index contributed by atoms with van der Waals surface area (Å²) in [6.07, 6.45) is 1.54. The van der Waals surface area contributed by atoms with Crippen LogP contribution in [0.25, 0.3) is 0 Å². The van der Waals surface area contributed by atoms with Crippen molar-refractivity contribution < 1.29 is 14.4 Å². The second-order valence-corrected chi connectivity index (χ2v) is 5.09. The summed E-state index contributed by atoms with van der Waals surface area (Å²) in [4.78, 5) is 37.3. The molecule has 1 aromatic rings. The van der Waals surface area contributed by atoms with Gasteiger partial charge in [0.05, 0.1) is 11.3 Å². The first-order valence-electron chi connectivity index (χ1n) is 6.60. The molecule has 0 saturated carbocycles. The van der Waals surface area contributed by atoms with Gasteiger partial charge in [-0.25, -0.2) is 0 Å². The second kappa shape index (κ2) is 4.63. The molecule has 0 spiro atoms. The van der Waals surface area contributed by atoms with Gasteiger partial charge in [-0.1, -0.05) is 0 Å². The van der Waals surface area contributed by atoms with E-state index in [1.807, 2.05) is 0 Å². The molecule has 0 radical (unpaired) electrons. The van der Waals surface area contributed by atoms with E-state index >= 15 is 0 Å². The van der Waals surface area contributed by atoms with Gasteiger partial charge in [0.1, 0.15) is 6.04 Å². The molecule has 3 amide bonds. The van der Waals surface area contributed by atoms with Gasteiger partial charge in [0.15, 0.2) is 0 Å². The van der Waals surface area contributed by atoms with Crippen molar-refractivity contribution in [2.24, 2.45) is 0 Å². The first-order valence-corrected chi connectivity index (χ1v) is 6.60. The Kier molecular flexibility index (Phi) is 2.93. The summed E-state index contributed by atoms with van der Waals surface area (Å²) < 4.78 is 0. The average molecular weight is 273 g/mol. The number of rotatable bonds is 1. The summed E-state index contributed by atoms with van der Waals surface area (Å²) in [7, 11) is 0. The summed E-state index contributed by atoms with van der Waals surface area (Å²) in [5, 5.41) is 5.44. The molecule has 2 aliphatic heterocycles. The third-order valence-corrected chi connectivity index (χ3v) is 3.64. The molecule has 6 heteroatoms. The Morgan fingerprint density at radius 2 is 2.20 bits per heavy atom. The van der Waals surface area contributed by atoms with E-state index in [9.17, 15) is 14.4 Å². The number of nitrogens with zero attached hydrogens (tertiary/aromatic N) is 1. The van der Waals surface area contributed by atoms with Gasteiger partial charge >= 0.3 is 0 Å². The maximum atomic E-state index is 12.5. The van der Waals surface area contributed by atoms with Crippen molar-refractivity contribution in [3.05, 3.63) is 23.8 Å². The van der Waals surface area contributed by atoms with Gasteiger partial charge < -0.3 is 15.5 Å². The van der Waals surface area contributed by atoms with E-state index in [4.69, 9.17) is 0 Å². The maximum absolute atomic E-state index is 12.5. The molecule has 0 unspecified atom stereocenters. The van der Waals surface area contributed by atoms with E-state index in [0.717, 1.165) is 6.42 Å². The highest BCUT2D eigenvalue weighted by Crippen LogP contribution is 2.30. The Morgan fingerprint density at radius 1 is 1.40 bits per heavy atom. The molecule has 0 aliphatic carbocycles. The number of fused-ring (bicyclic) bond motifs is 2. The molecule has 0 bridgehead atoms. The first kappa shape index (κ1) is 12.7. The molecular formula is C14H15N3O3. The minimum atomic E-state index is -0.376. The molecule has 2 heterocycles. The third kappa shape index (κ3) is 2.03. The maximum Gasteiger partial charge on any atom is 0.256 e. The number of hydrogen-bond donors (Lipinski definition) is 2. The molecule has 2 N–H and O–H groups in total. The van der Waals surface area contributed by atoms with Crippen LogP contribution < -0.4 is 10.6 Å². The number of amides is 3. The van der Waals surface area contributed by atoms with Crippen LogP contribution in [0.15, 0.2) is 18.2 Å². The Labute approximate surface area is 116 Å². The first-order chi connectivity index (χ1) is 9.56. The molecule has 1 aromatic carbocycles. The lowest BCUT2D eigenvalue weighted by molar-refractivity contribution is -0.119. The standard InChI is InChI=1S/C14H15N3O3/c1-8(18)15-9-4-5-11-10(7-9)14(20)17-6-2-3-12(17)13(19)16-11/h4-5,7,12H,2-3,6H2,1H3,(H,15,18)(H,16,19)/t12-/m0/s1. The molecule has 1 atom stereocenters. The van der Waals surface area contributed by atoms with Crippen molar-refractivity contribution in [1.29, 1.82) is 0 Å². The van der Waals surface area contributed by atoms with E-state index < -0.39 is 0 Å². The van der Waals surface area contributed by atoms with Gasteiger partial charge in [-0.2, -0.15) is 0 Å². The van der Waals surface area contributed by atoms with E-state index in [1.165, 1.54) is 6.92 Å². The van der Waals surface area contributed by atoms with Gasteiger partial charge in [0.25, 0.3) is 5.91 Å². The molecule has 104 valence electrons. The van der Waals surface area contributed by atoms with Gasteiger partial charge in [0, 0.05) is 19.2 Å². The highest BCUT2D eigenvalue weighted by Gasteiger charge is 2.38. The molecule has 3 rings (SSSR count). The van der Waals surface area contributed by atoms with Crippen molar-refractivity contribution in [1.82, 2.24) is 4.90 Å². The van der Waals surface area contributed by atoms with Gasteiger partial charge in [-0.3, -0.25) is 14.4 Å². The van der Waals surface area contributed by atoms with E-state index in [2.05, 4.69) is 10.6 Å². The molecule has 1 saturated heterocycles. The lowest BCUT2D eigenvalue weighted by Gasteiger charge is -2.20. The minimum Gasteiger partial charge on any atom is -0.327 e. The van der Waals surface area contributed by atoms with Crippen LogP contribution in [0.5, 0.6) is 0 Å². The fraction of sp³-hybridized carbons (Fsp3) is 0.357. The van der Waals surface area contributed by atoms with Crippen LogP contribution in [0.3, 0.4) is 0 Å². The van der Waals surface area contributed by atoms with E-state index in [-0.39, 0.29) is 23.8 Å². The van der Waals surface area contributed by atoms with Crippen molar-refractivity contribution >= 4 is 29.1 Å². The topological polar surface area (TPSA) is 78.5 Å². The molecule has 1 fully saturated rings. The van der Waals surface area contributed by atoms with Crippen LogP contribution in [0.4, 0.5) is 11.4 Å². The molecule has 2 aliphatic rings. The summed E-state index contributed by atoms with van der Waals surface area (Å²) in [5.74, 6) is -0.496. The number of anilines is 2. The van der Waals surface area contributed by atoms with Crippen LogP contribution in [-0.4, -0.2) is 35.2 Å². The Hall–Kier alpha value is -2.37. The lowest BCUT2D eigenvalue weighted by atomic mass is 10.1. The minimum absolute atomic E-state index is 0.137.